The van der Waals surface area contributed by atoms with Crippen molar-refractivity contribution in [2.24, 2.45) is 0 Å². The number of rotatable bonds is 7. The van der Waals surface area contributed by atoms with Crippen LogP contribution in [0.15, 0.2) is 24.3 Å². The molecule has 0 aliphatic heterocycles. The van der Waals surface area contributed by atoms with E-state index in [1.54, 1.807) is 0 Å². The van der Waals surface area contributed by atoms with E-state index in [1.165, 1.54) is 0 Å². The highest BCUT2D eigenvalue weighted by atomic mass is 15.2. The molecule has 0 unspecified atom stereocenters. The van der Waals surface area contributed by atoms with Crippen molar-refractivity contribution in [3.8, 4) is 0 Å². The summed E-state index contributed by atoms with van der Waals surface area (Å²) in [4.78, 5) is 9.26. The maximum atomic E-state index is 4.69. The molecule has 0 spiro atoms. The summed E-state index contributed by atoms with van der Waals surface area (Å²) in [6.45, 7) is 9.57. The fourth-order valence-corrected chi connectivity index (χ4v) is 2.68. The second-order valence-corrected chi connectivity index (χ2v) is 5.41. The minimum absolute atomic E-state index is 0.0978. The van der Waals surface area contributed by atoms with Crippen molar-refractivity contribution >= 4 is 22.7 Å². The first-order valence-electron chi connectivity index (χ1n) is 7.96. The van der Waals surface area contributed by atoms with Gasteiger partial charge in [0.15, 0.2) is 0 Å². The molecule has 0 atom stereocenters. The third-order valence-corrected chi connectivity index (χ3v) is 4.35. The van der Waals surface area contributed by atoms with Crippen molar-refractivity contribution < 1.29 is 0 Å². The first-order chi connectivity index (χ1) is 10.2. The normalized spacial score (nSPS) is 11.6. The second-order valence-electron chi connectivity index (χ2n) is 5.41. The number of nitrogens with one attached hydrogen (secondary N) is 2. The predicted octanol–water partition coefficient (Wildman–Crippen LogP) is 4.44. The Kier molecular flexibility index (Phi) is 4.99. The first kappa shape index (κ1) is 15.5. The lowest BCUT2D eigenvalue weighted by Gasteiger charge is -2.33. The van der Waals surface area contributed by atoms with Gasteiger partial charge in [-0.3, -0.25) is 0 Å². The number of fused-ring (bicyclic) bond motifs is 1. The highest BCUT2D eigenvalue weighted by molar-refractivity contribution is 5.90. The summed E-state index contributed by atoms with van der Waals surface area (Å²) in [7, 11) is 0. The molecule has 1 heterocycles. The molecule has 114 valence electrons. The summed E-state index contributed by atoms with van der Waals surface area (Å²) < 4.78 is 0. The van der Waals surface area contributed by atoms with Crippen LogP contribution < -0.4 is 10.6 Å². The van der Waals surface area contributed by atoms with Crippen molar-refractivity contribution in [3.63, 3.8) is 0 Å². The van der Waals surface area contributed by atoms with Crippen molar-refractivity contribution in [1.29, 1.82) is 0 Å². The van der Waals surface area contributed by atoms with Crippen LogP contribution in [-0.4, -0.2) is 22.1 Å². The van der Waals surface area contributed by atoms with Crippen molar-refractivity contribution in [1.82, 2.24) is 9.97 Å². The maximum Gasteiger partial charge on any atom is 0.225 e. The molecule has 2 rings (SSSR count). The molecule has 0 fully saturated rings. The van der Waals surface area contributed by atoms with Crippen molar-refractivity contribution in [2.45, 2.75) is 52.5 Å². The molecule has 0 aliphatic carbocycles. The Hall–Kier alpha value is -1.84. The van der Waals surface area contributed by atoms with Gasteiger partial charge in [-0.1, -0.05) is 32.9 Å². The summed E-state index contributed by atoms with van der Waals surface area (Å²) in [6.07, 6.45) is 3.23. The smallest absolute Gasteiger partial charge is 0.225 e. The van der Waals surface area contributed by atoms with Gasteiger partial charge in [0.05, 0.1) is 5.52 Å². The molecule has 4 heteroatoms. The number of aromatic nitrogens is 2. The van der Waals surface area contributed by atoms with Crippen molar-refractivity contribution in [3.05, 3.63) is 24.3 Å². The largest absolute Gasteiger partial charge is 0.364 e. The predicted molar refractivity (Wildman–Crippen MR) is 90.9 cm³/mol. The summed E-state index contributed by atoms with van der Waals surface area (Å²) in [5, 5.41) is 7.99. The van der Waals surface area contributed by atoms with Gasteiger partial charge in [-0.25, -0.2) is 4.98 Å². The average molecular weight is 286 g/mol. The molecule has 0 radical (unpaired) electrons. The molecule has 0 aliphatic rings. The van der Waals surface area contributed by atoms with Gasteiger partial charge in [0.2, 0.25) is 5.95 Å². The zero-order valence-electron chi connectivity index (χ0n) is 13.5. The quantitative estimate of drug-likeness (QED) is 0.790. The SMILES string of the molecule is CCNc1nc(NC(CC)(CC)CC)c2ccccc2n1. The van der Waals surface area contributed by atoms with E-state index in [9.17, 15) is 0 Å². The van der Waals surface area contributed by atoms with Gasteiger partial charge < -0.3 is 10.6 Å². The lowest BCUT2D eigenvalue weighted by atomic mass is 9.89. The Morgan fingerprint density at radius 1 is 0.952 bits per heavy atom. The Balaban J connectivity index is 2.50. The summed E-state index contributed by atoms with van der Waals surface area (Å²) in [5.74, 6) is 1.62. The third-order valence-electron chi connectivity index (χ3n) is 4.35. The zero-order valence-corrected chi connectivity index (χ0v) is 13.5. The summed E-state index contributed by atoms with van der Waals surface area (Å²) in [5.41, 5.74) is 1.07. The summed E-state index contributed by atoms with van der Waals surface area (Å²) in [6, 6.07) is 8.17. The molecule has 2 aromatic rings. The minimum atomic E-state index is 0.0978. The van der Waals surface area contributed by atoms with Gasteiger partial charge in [-0.15, -0.1) is 0 Å². The van der Waals surface area contributed by atoms with Gasteiger partial charge in [0, 0.05) is 17.5 Å². The molecule has 21 heavy (non-hydrogen) atoms. The van der Waals surface area contributed by atoms with E-state index in [4.69, 9.17) is 0 Å². The van der Waals surface area contributed by atoms with Gasteiger partial charge in [-0.2, -0.15) is 4.98 Å². The summed E-state index contributed by atoms with van der Waals surface area (Å²) >= 11 is 0. The standard InChI is InChI=1S/C17H26N4/c1-5-17(6-2,7-3)21-15-13-11-9-10-12-14(13)19-16(20-15)18-8-4/h9-12H,5-8H2,1-4H3,(H2,18,19,20,21). The third kappa shape index (κ3) is 3.26. The molecule has 0 saturated carbocycles. The Morgan fingerprint density at radius 2 is 1.62 bits per heavy atom. The van der Waals surface area contributed by atoms with Gasteiger partial charge in [0.1, 0.15) is 5.82 Å². The fourth-order valence-electron chi connectivity index (χ4n) is 2.68. The molecular formula is C17H26N4. The Labute approximate surface area is 127 Å². The lowest BCUT2D eigenvalue weighted by molar-refractivity contribution is 0.419. The molecule has 1 aromatic carbocycles. The van der Waals surface area contributed by atoms with Gasteiger partial charge in [-0.05, 0) is 38.3 Å². The highest BCUT2D eigenvalue weighted by Crippen LogP contribution is 2.29. The Morgan fingerprint density at radius 3 is 2.24 bits per heavy atom. The molecule has 2 N–H and O–H groups in total. The van der Waals surface area contributed by atoms with Crippen LogP contribution in [0.25, 0.3) is 10.9 Å². The van der Waals surface area contributed by atoms with Crippen molar-refractivity contribution in [2.75, 3.05) is 17.2 Å². The molecule has 4 nitrogen and oxygen atoms in total. The molecular weight excluding hydrogens is 260 g/mol. The number of hydrogen-bond acceptors (Lipinski definition) is 4. The molecule has 1 aromatic heterocycles. The van der Waals surface area contributed by atoms with E-state index >= 15 is 0 Å². The lowest BCUT2D eigenvalue weighted by Crippen LogP contribution is -2.36. The van der Waals surface area contributed by atoms with E-state index in [2.05, 4.69) is 54.4 Å². The number of para-hydroxylation sites is 1. The first-order valence-corrected chi connectivity index (χ1v) is 7.96. The van der Waals surface area contributed by atoms with Crippen LogP contribution in [-0.2, 0) is 0 Å². The van der Waals surface area contributed by atoms with E-state index in [0.29, 0.717) is 5.95 Å². The van der Waals surface area contributed by atoms with E-state index < -0.39 is 0 Å². The van der Waals surface area contributed by atoms with Crippen LogP contribution in [0, 0.1) is 0 Å². The highest BCUT2D eigenvalue weighted by Gasteiger charge is 2.25. The minimum Gasteiger partial charge on any atom is -0.364 e. The number of anilines is 2. The monoisotopic (exact) mass is 286 g/mol. The Bertz CT molecular complexity index is 582. The molecule has 0 amide bonds. The van der Waals surface area contributed by atoms with Crippen LogP contribution in [0.5, 0.6) is 0 Å². The van der Waals surface area contributed by atoms with Crippen LogP contribution in [0.3, 0.4) is 0 Å². The van der Waals surface area contributed by atoms with E-state index in [-0.39, 0.29) is 5.54 Å². The van der Waals surface area contributed by atoms with Crippen LogP contribution >= 0.6 is 0 Å². The zero-order chi connectivity index (χ0) is 15.3. The fraction of sp³-hybridized carbons (Fsp3) is 0.529. The van der Waals surface area contributed by atoms with E-state index in [1.807, 2.05) is 18.2 Å². The van der Waals surface area contributed by atoms with E-state index in [0.717, 1.165) is 42.5 Å². The second kappa shape index (κ2) is 6.74. The number of hydrogen-bond donors (Lipinski definition) is 2. The molecule has 0 saturated heterocycles. The maximum absolute atomic E-state index is 4.69. The van der Waals surface area contributed by atoms with Crippen LogP contribution in [0.2, 0.25) is 0 Å². The van der Waals surface area contributed by atoms with Gasteiger partial charge in [0.25, 0.3) is 0 Å². The molecule has 0 bridgehead atoms. The van der Waals surface area contributed by atoms with Crippen LogP contribution in [0.4, 0.5) is 11.8 Å². The number of benzene rings is 1. The topological polar surface area (TPSA) is 49.8 Å². The van der Waals surface area contributed by atoms with Crippen LogP contribution in [0.1, 0.15) is 47.0 Å². The number of nitrogens with zero attached hydrogens (tertiary/aromatic N) is 2. The average Bonchev–Trinajstić information content (AvgIpc) is 2.53. The van der Waals surface area contributed by atoms with Gasteiger partial charge >= 0.3 is 0 Å².